The summed E-state index contributed by atoms with van der Waals surface area (Å²) >= 11 is 0. The van der Waals surface area contributed by atoms with Crippen LogP contribution in [-0.4, -0.2) is 30.2 Å². The van der Waals surface area contributed by atoms with Gasteiger partial charge in [-0.15, -0.1) is 0 Å². The van der Waals surface area contributed by atoms with Crippen LogP contribution in [0.5, 0.6) is 0 Å². The van der Waals surface area contributed by atoms with Gasteiger partial charge < -0.3 is 15.6 Å². The van der Waals surface area contributed by atoms with Crippen LogP contribution in [0.15, 0.2) is 0 Å². The normalized spacial score (nSPS) is 11.1. The van der Waals surface area contributed by atoms with Gasteiger partial charge in [0.2, 0.25) is 0 Å². The summed E-state index contributed by atoms with van der Waals surface area (Å²) in [7, 11) is 1.18. The smallest absolute Gasteiger partial charge is 0.321 e. The fourth-order valence-electron chi connectivity index (χ4n) is 0.350. The number of carboxylic acids is 1. The van der Waals surface area contributed by atoms with Crippen molar-refractivity contribution in [3.63, 3.8) is 0 Å². The van der Waals surface area contributed by atoms with E-state index < -0.39 is 18.0 Å². The van der Waals surface area contributed by atoms with Crippen molar-refractivity contribution in [3.05, 3.63) is 0 Å². The molecule has 0 aliphatic rings. The maximum atomic E-state index is 10.4. The van der Waals surface area contributed by atoms with Gasteiger partial charge in [0.25, 0.3) is 0 Å². The second-order valence-corrected chi connectivity index (χ2v) is 1.72. The second kappa shape index (κ2) is 6.28. The summed E-state index contributed by atoms with van der Waals surface area (Å²) in [6.45, 7) is 0. The van der Waals surface area contributed by atoms with Gasteiger partial charge in [0.1, 0.15) is 6.04 Å². The number of esters is 1. The maximum absolute atomic E-state index is 10.4. The molecule has 0 rings (SSSR count). The minimum Gasteiger partial charge on any atom is -0.480 e. The Labute approximate surface area is 77.5 Å². The van der Waals surface area contributed by atoms with Gasteiger partial charge in [0, 0.05) is 20.4 Å². The fourth-order valence-corrected chi connectivity index (χ4v) is 0.350. The number of hydrogen-bond acceptors (Lipinski definition) is 4. The molecule has 0 unspecified atom stereocenters. The minimum atomic E-state index is -1.20. The van der Waals surface area contributed by atoms with E-state index >= 15 is 0 Å². The molecule has 6 heteroatoms. The van der Waals surface area contributed by atoms with Crippen molar-refractivity contribution in [2.24, 2.45) is 5.73 Å². The molecule has 1 atom stereocenters. The van der Waals surface area contributed by atoms with Gasteiger partial charge in [-0.2, -0.15) is 0 Å². The van der Waals surface area contributed by atoms with E-state index in [1.54, 1.807) is 0 Å². The molecule has 0 radical (unpaired) electrons. The van der Waals surface area contributed by atoms with E-state index in [1.807, 2.05) is 0 Å². The first-order valence-electron chi connectivity index (χ1n) is 2.63. The number of ether oxygens (including phenoxy) is 1. The number of carbonyl (C=O) groups excluding carboxylic acids is 1. The van der Waals surface area contributed by atoms with E-state index in [1.165, 1.54) is 7.11 Å². The van der Waals surface area contributed by atoms with Crippen LogP contribution in [-0.2, 0) is 34.7 Å². The number of carbonyl (C=O) groups is 2. The van der Waals surface area contributed by atoms with Crippen molar-refractivity contribution in [1.82, 2.24) is 0 Å². The molecule has 0 aromatic rings. The molecular weight excluding hydrogens is 244 g/mol. The zero-order valence-electron chi connectivity index (χ0n) is 5.85. The first-order chi connectivity index (χ1) is 4.57. The first kappa shape index (κ1) is 13.2. The van der Waals surface area contributed by atoms with Gasteiger partial charge in [0.05, 0.1) is 13.5 Å². The summed E-state index contributed by atoms with van der Waals surface area (Å²) in [5.41, 5.74) is 4.99. The summed E-state index contributed by atoms with van der Waals surface area (Å²) in [6, 6.07) is -1.16. The Morgan fingerprint density at radius 2 is 2.09 bits per heavy atom. The van der Waals surface area contributed by atoms with Crippen molar-refractivity contribution in [2.45, 2.75) is 12.5 Å². The van der Waals surface area contributed by atoms with E-state index in [-0.39, 0.29) is 26.8 Å². The monoisotopic (exact) mass is 253 g/mol. The summed E-state index contributed by atoms with van der Waals surface area (Å²) in [5.74, 6) is -1.82. The zero-order chi connectivity index (χ0) is 8.15. The Hall–Kier alpha value is -0.438. The Morgan fingerprint density at radius 1 is 1.64 bits per heavy atom. The minimum absolute atomic E-state index is 0. The maximum Gasteiger partial charge on any atom is 0.321 e. The van der Waals surface area contributed by atoms with E-state index in [0.29, 0.717) is 0 Å². The summed E-state index contributed by atoms with van der Waals surface area (Å²) < 4.78 is 4.19. The van der Waals surface area contributed by atoms with E-state index in [0.717, 1.165) is 0 Å². The zero-order valence-corrected chi connectivity index (χ0v) is 7.40. The molecule has 0 aliphatic heterocycles. The van der Waals surface area contributed by atoms with Gasteiger partial charge in [-0.05, 0) is 0 Å². The van der Waals surface area contributed by atoms with Crippen LogP contribution in [0.25, 0.3) is 0 Å². The predicted octanol–water partition coefficient (Wildman–Crippen LogP) is -1.04. The molecule has 3 N–H and O–H groups in total. The molecule has 0 aromatic heterocycles. The Balaban J connectivity index is 0. The first-order valence-corrected chi connectivity index (χ1v) is 2.63. The van der Waals surface area contributed by atoms with Crippen molar-refractivity contribution in [1.29, 1.82) is 0 Å². The van der Waals surface area contributed by atoms with Crippen LogP contribution < -0.4 is 5.73 Å². The van der Waals surface area contributed by atoms with E-state index in [4.69, 9.17) is 10.8 Å². The van der Waals surface area contributed by atoms with Crippen molar-refractivity contribution in [3.8, 4) is 0 Å². The SMILES string of the molecule is COC(=O)C[C@H](N)C(=O)O.[Pd]. The van der Waals surface area contributed by atoms with Crippen molar-refractivity contribution in [2.75, 3.05) is 7.11 Å². The van der Waals surface area contributed by atoms with Crippen molar-refractivity contribution >= 4 is 11.9 Å². The molecule has 0 aromatic carbocycles. The third-order valence-corrected chi connectivity index (χ3v) is 0.931. The molecule has 0 amide bonds. The molecule has 0 fully saturated rings. The van der Waals surface area contributed by atoms with Crippen molar-refractivity contribution < 1.29 is 39.9 Å². The second-order valence-electron chi connectivity index (χ2n) is 1.72. The molecule has 0 bridgehead atoms. The molecule has 5 nitrogen and oxygen atoms in total. The number of aliphatic carboxylic acids is 1. The van der Waals surface area contributed by atoms with Crippen LogP contribution in [0.1, 0.15) is 6.42 Å². The van der Waals surface area contributed by atoms with Gasteiger partial charge >= 0.3 is 11.9 Å². The predicted molar refractivity (Wildman–Crippen MR) is 32.2 cm³/mol. The topological polar surface area (TPSA) is 89.6 Å². The molecule has 0 aliphatic carbocycles. The number of rotatable bonds is 3. The average molecular weight is 254 g/mol. The molecule has 0 saturated heterocycles. The molecule has 0 heterocycles. The standard InChI is InChI=1S/C5H9NO4.Pd/c1-10-4(7)2-3(6)5(8)9;/h3H,2,6H2,1H3,(H,8,9);/t3-;/m0./s1. The molecule has 11 heavy (non-hydrogen) atoms. The molecule has 0 spiro atoms. The number of nitrogens with two attached hydrogens (primary N) is 1. The average Bonchev–Trinajstić information content (AvgIpc) is 1.87. The fraction of sp³-hybridized carbons (Fsp3) is 0.600. The Morgan fingerprint density at radius 3 is 2.36 bits per heavy atom. The summed E-state index contributed by atoms with van der Waals surface area (Å²) in [4.78, 5) is 20.4. The number of methoxy groups -OCH3 is 1. The Kier molecular flexibility index (Phi) is 7.53. The summed E-state index contributed by atoms with van der Waals surface area (Å²) in [5, 5.41) is 8.19. The van der Waals surface area contributed by atoms with Crippen LogP contribution in [0.4, 0.5) is 0 Å². The molecular formula is C5H9NO4Pd. The van der Waals surface area contributed by atoms with Crippen LogP contribution in [0.2, 0.25) is 0 Å². The Bertz CT molecular complexity index is 149. The number of hydrogen-bond donors (Lipinski definition) is 2. The van der Waals surface area contributed by atoms with Crippen LogP contribution >= 0.6 is 0 Å². The van der Waals surface area contributed by atoms with Gasteiger partial charge in [-0.3, -0.25) is 9.59 Å². The molecule has 68 valence electrons. The summed E-state index contributed by atoms with van der Waals surface area (Å²) in [6.07, 6.45) is -0.286. The van der Waals surface area contributed by atoms with Gasteiger partial charge in [-0.1, -0.05) is 0 Å². The van der Waals surface area contributed by atoms with Gasteiger partial charge in [0.15, 0.2) is 0 Å². The van der Waals surface area contributed by atoms with E-state index in [9.17, 15) is 9.59 Å². The largest absolute Gasteiger partial charge is 0.480 e. The molecule has 0 saturated carbocycles. The van der Waals surface area contributed by atoms with E-state index in [2.05, 4.69) is 4.74 Å². The van der Waals surface area contributed by atoms with Gasteiger partial charge in [-0.25, -0.2) is 0 Å². The third kappa shape index (κ3) is 5.98. The van der Waals surface area contributed by atoms with Crippen LogP contribution in [0, 0.1) is 0 Å². The number of carboxylic acid groups (broad SMARTS) is 1. The third-order valence-electron chi connectivity index (χ3n) is 0.931. The van der Waals surface area contributed by atoms with Crippen LogP contribution in [0.3, 0.4) is 0 Å². The quantitative estimate of drug-likeness (QED) is 0.495.